The molecular weight excluding hydrogens is 210 g/mol. The Kier molecular flexibility index (Phi) is 1.92. The Bertz CT molecular complexity index is 438. The van der Waals surface area contributed by atoms with Crippen LogP contribution in [0.3, 0.4) is 0 Å². The quantitative estimate of drug-likeness (QED) is 0.666. The lowest BCUT2D eigenvalue weighted by Gasteiger charge is -2.37. The summed E-state index contributed by atoms with van der Waals surface area (Å²) in [7, 11) is 0. The number of hydrogen-bond acceptors (Lipinski definition) is 3. The van der Waals surface area contributed by atoms with Crippen molar-refractivity contribution in [3.8, 4) is 0 Å². The molecular formula is C11H11NO2S. The van der Waals surface area contributed by atoms with Crippen LogP contribution < -0.4 is 0 Å². The SMILES string of the molecule is O=C1CCC(=O)N2CCc3ccsc3C12. The summed E-state index contributed by atoms with van der Waals surface area (Å²) in [6, 6.07) is 1.82. The molecule has 1 aromatic rings. The molecule has 2 aliphatic rings. The summed E-state index contributed by atoms with van der Waals surface area (Å²) in [6.45, 7) is 0.707. The third-order valence-electron chi connectivity index (χ3n) is 3.17. The van der Waals surface area contributed by atoms with Gasteiger partial charge in [-0.2, -0.15) is 0 Å². The molecule has 1 unspecified atom stereocenters. The summed E-state index contributed by atoms with van der Waals surface area (Å²) < 4.78 is 0. The van der Waals surface area contributed by atoms with Crippen LogP contribution in [-0.2, 0) is 16.0 Å². The molecule has 3 nitrogen and oxygen atoms in total. The normalized spacial score (nSPS) is 25.1. The van der Waals surface area contributed by atoms with Crippen LogP contribution >= 0.6 is 11.3 Å². The lowest BCUT2D eigenvalue weighted by Crippen LogP contribution is -2.46. The molecule has 78 valence electrons. The molecule has 15 heavy (non-hydrogen) atoms. The van der Waals surface area contributed by atoms with Gasteiger partial charge in [-0.15, -0.1) is 11.3 Å². The Morgan fingerprint density at radius 3 is 3.00 bits per heavy atom. The molecule has 2 aliphatic heterocycles. The van der Waals surface area contributed by atoms with Crippen molar-refractivity contribution in [2.45, 2.75) is 25.3 Å². The van der Waals surface area contributed by atoms with Gasteiger partial charge in [0.25, 0.3) is 0 Å². The monoisotopic (exact) mass is 221 g/mol. The van der Waals surface area contributed by atoms with Crippen LogP contribution in [0.1, 0.15) is 29.3 Å². The predicted molar refractivity (Wildman–Crippen MR) is 56.7 cm³/mol. The van der Waals surface area contributed by atoms with Gasteiger partial charge in [-0.3, -0.25) is 9.59 Å². The summed E-state index contributed by atoms with van der Waals surface area (Å²) in [5.74, 6) is 0.344. The van der Waals surface area contributed by atoms with Gasteiger partial charge in [0.05, 0.1) is 0 Å². The van der Waals surface area contributed by atoms with E-state index in [4.69, 9.17) is 0 Å². The van der Waals surface area contributed by atoms with E-state index in [1.165, 1.54) is 5.56 Å². The molecule has 1 fully saturated rings. The van der Waals surface area contributed by atoms with Gasteiger partial charge in [0, 0.05) is 24.3 Å². The number of piperidine rings is 1. The number of ketones is 1. The van der Waals surface area contributed by atoms with Crippen LogP contribution in [0.15, 0.2) is 11.4 Å². The minimum absolute atomic E-state index is 0.138. The second-order valence-corrected chi connectivity index (χ2v) is 4.96. The van der Waals surface area contributed by atoms with Gasteiger partial charge < -0.3 is 4.90 Å². The van der Waals surface area contributed by atoms with Crippen molar-refractivity contribution in [2.75, 3.05) is 6.54 Å². The summed E-state index contributed by atoms with van der Waals surface area (Å²) in [4.78, 5) is 26.4. The first-order valence-electron chi connectivity index (χ1n) is 5.16. The Hall–Kier alpha value is -1.16. The third kappa shape index (κ3) is 1.24. The zero-order valence-electron chi connectivity index (χ0n) is 8.23. The Labute approximate surface area is 91.7 Å². The van der Waals surface area contributed by atoms with E-state index in [2.05, 4.69) is 6.07 Å². The molecule has 0 aromatic carbocycles. The fourth-order valence-corrected chi connectivity index (χ4v) is 3.49. The van der Waals surface area contributed by atoms with Crippen molar-refractivity contribution >= 4 is 23.0 Å². The third-order valence-corrected chi connectivity index (χ3v) is 4.18. The molecule has 3 heterocycles. The molecule has 1 amide bonds. The van der Waals surface area contributed by atoms with Crippen LogP contribution in [-0.4, -0.2) is 23.1 Å². The van der Waals surface area contributed by atoms with Gasteiger partial charge in [-0.25, -0.2) is 0 Å². The van der Waals surface area contributed by atoms with Gasteiger partial charge >= 0.3 is 0 Å². The molecule has 1 saturated heterocycles. The number of nitrogens with zero attached hydrogens (tertiary/aromatic N) is 1. The highest BCUT2D eigenvalue weighted by Crippen LogP contribution is 2.37. The summed E-state index contributed by atoms with van der Waals surface area (Å²) in [6.07, 6.45) is 1.71. The predicted octanol–water partition coefficient (Wildman–Crippen LogP) is 1.54. The van der Waals surface area contributed by atoms with E-state index in [-0.39, 0.29) is 17.7 Å². The van der Waals surface area contributed by atoms with Crippen LogP contribution in [0, 0.1) is 0 Å². The molecule has 1 aromatic heterocycles. The van der Waals surface area contributed by atoms with Crippen molar-refractivity contribution < 1.29 is 9.59 Å². The zero-order chi connectivity index (χ0) is 10.4. The molecule has 0 spiro atoms. The largest absolute Gasteiger partial charge is 0.327 e. The van der Waals surface area contributed by atoms with E-state index in [0.717, 1.165) is 11.3 Å². The fraction of sp³-hybridized carbons (Fsp3) is 0.455. The Morgan fingerprint density at radius 1 is 1.27 bits per heavy atom. The molecule has 1 atom stereocenters. The number of hydrogen-bond donors (Lipinski definition) is 0. The van der Waals surface area contributed by atoms with E-state index in [1.54, 1.807) is 16.2 Å². The van der Waals surface area contributed by atoms with Crippen LogP contribution in [0.25, 0.3) is 0 Å². The number of carbonyl (C=O) groups excluding carboxylic acids is 2. The average molecular weight is 221 g/mol. The molecule has 0 N–H and O–H groups in total. The first-order valence-corrected chi connectivity index (χ1v) is 6.04. The topological polar surface area (TPSA) is 37.4 Å². The highest BCUT2D eigenvalue weighted by Gasteiger charge is 2.39. The summed E-state index contributed by atoms with van der Waals surface area (Å²) in [5.41, 5.74) is 1.25. The van der Waals surface area contributed by atoms with Crippen LogP contribution in [0.5, 0.6) is 0 Å². The first kappa shape index (κ1) is 9.09. The molecule has 0 saturated carbocycles. The molecule has 0 radical (unpaired) electrons. The van der Waals surface area contributed by atoms with Gasteiger partial charge in [0.15, 0.2) is 5.78 Å². The van der Waals surface area contributed by atoms with Crippen molar-refractivity contribution in [1.82, 2.24) is 4.90 Å². The number of thiophene rings is 1. The highest BCUT2D eigenvalue weighted by molar-refractivity contribution is 7.10. The molecule has 3 rings (SSSR count). The molecule has 0 aliphatic carbocycles. The number of fused-ring (bicyclic) bond motifs is 3. The average Bonchev–Trinajstić information content (AvgIpc) is 2.70. The van der Waals surface area contributed by atoms with Crippen LogP contribution in [0.2, 0.25) is 0 Å². The van der Waals surface area contributed by atoms with E-state index >= 15 is 0 Å². The van der Waals surface area contributed by atoms with E-state index < -0.39 is 0 Å². The standard InChI is InChI=1S/C11H11NO2S/c13-8-1-2-9(14)12-5-3-7-4-6-15-11(7)10(8)12/h4,6,10H,1-3,5H2. The lowest BCUT2D eigenvalue weighted by atomic mass is 9.92. The lowest BCUT2D eigenvalue weighted by molar-refractivity contribution is -0.145. The Morgan fingerprint density at radius 2 is 2.13 bits per heavy atom. The van der Waals surface area contributed by atoms with E-state index in [9.17, 15) is 9.59 Å². The maximum absolute atomic E-state index is 11.8. The van der Waals surface area contributed by atoms with Gasteiger partial charge in [-0.05, 0) is 23.4 Å². The van der Waals surface area contributed by atoms with Crippen molar-refractivity contribution in [2.24, 2.45) is 0 Å². The number of amides is 1. The minimum atomic E-state index is -0.255. The fourth-order valence-electron chi connectivity index (χ4n) is 2.40. The second-order valence-electron chi connectivity index (χ2n) is 4.02. The first-order chi connectivity index (χ1) is 7.27. The second kappa shape index (κ2) is 3.17. The minimum Gasteiger partial charge on any atom is -0.327 e. The zero-order valence-corrected chi connectivity index (χ0v) is 9.05. The van der Waals surface area contributed by atoms with E-state index in [1.807, 2.05) is 5.38 Å². The summed E-state index contributed by atoms with van der Waals surface area (Å²) in [5, 5.41) is 2.01. The Balaban J connectivity index is 2.08. The number of rotatable bonds is 0. The maximum Gasteiger partial charge on any atom is 0.223 e. The number of Topliss-reactive ketones (excluding diaryl/α,β-unsaturated/α-hetero) is 1. The van der Waals surface area contributed by atoms with Crippen molar-refractivity contribution in [3.63, 3.8) is 0 Å². The van der Waals surface area contributed by atoms with Crippen molar-refractivity contribution in [3.05, 3.63) is 21.9 Å². The van der Waals surface area contributed by atoms with E-state index in [0.29, 0.717) is 19.4 Å². The van der Waals surface area contributed by atoms with Crippen LogP contribution in [0.4, 0.5) is 0 Å². The highest BCUT2D eigenvalue weighted by atomic mass is 32.1. The van der Waals surface area contributed by atoms with Gasteiger partial charge in [0.1, 0.15) is 6.04 Å². The van der Waals surface area contributed by atoms with Gasteiger partial charge in [-0.1, -0.05) is 0 Å². The molecule has 0 bridgehead atoms. The van der Waals surface area contributed by atoms with Crippen molar-refractivity contribution in [1.29, 1.82) is 0 Å². The molecule has 4 heteroatoms. The smallest absolute Gasteiger partial charge is 0.223 e. The number of carbonyl (C=O) groups is 2. The summed E-state index contributed by atoms with van der Waals surface area (Å²) >= 11 is 1.60. The maximum atomic E-state index is 11.8. The van der Waals surface area contributed by atoms with Gasteiger partial charge in [0.2, 0.25) is 5.91 Å².